The zero-order valence-electron chi connectivity index (χ0n) is 7.94. The second kappa shape index (κ2) is 5.89. The number of hydrogen-bond acceptors (Lipinski definition) is 3. The summed E-state index contributed by atoms with van der Waals surface area (Å²) in [7, 11) is 0. The van der Waals surface area contributed by atoms with Crippen LogP contribution in [0.5, 0.6) is 0 Å². The summed E-state index contributed by atoms with van der Waals surface area (Å²) < 4.78 is 0. The molecular weight excluding hydrogens is 180 g/mol. The third-order valence-electron chi connectivity index (χ3n) is 1.77. The number of hydrazine groups is 1. The lowest BCUT2D eigenvalue weighted by Gasteiger charge is -2.17. The standard InChI is InChI=1S/C10H16N2S/c1-2-13-9-8-12(11)10-6-4-3-5-7-10/h3-7H,2,8-9,11H2,1H3. The largest absolute Gasteiger partial charge is 0.310 e. The van der Waals surface area contributed by atoms with Gasteiger partial charge in [-0.3, -0.25) is 0 Å². The molecule has 0 aliphatic heterocycles. The van der Waals surface area contributed by atoms with Gasteiger partial charge in [-0.2, -0.15) is 11.8 Å². The molecule has 1 aromatic carbocycles. The fraction of sp³-hybridized carbons (Fsp3) is 0.400. The van der Waals surface area contributed by atoms with E-state index in [4.69, 9.17) is 5.84 Å². The minimum atomic E-state index is 0.905. The average Bonchev–Trinajstić information content (AvgIpc) is 2.19. The van der Waals surface area contributed by atoms with Crippen molar-refractivity contribution in [3.05, 3.63) is 30.3 Å². The summed E-state index contributed by atoms with van der Waals surface area (Å²) in [4.78, 5) is 0. The number of anilines is 1. The second-order valence-electron chi connectivity index (χ2n) is 2.73. The molecule has 0 heterocycles. The van der Waals surface area contributed by atoms with Crippen LogP contribution >= 0.6 is 11.8 Å². The summed E-state index contributed by atoms with van der Waals surface area (Å²) in [6, 6.07) is 10.1. The summed E-state index contributed by atoms with van der Waals surface area (Å²) in [5.41, 5.74) is 1.08. The zero-order chi connectivity index (χ0) is 9.52. The quantitative estimate of drug-likeness (QED) is 0.444. The highest BCUT2D eigenvalue weighted by Gasteiger charge is 1.98. The second-order valence-corrected chi connectivity index (χ2v) is 4.12. The van der Waals surface area contributed by atoms with Crippen molar-refractivity contribution in [2.75, 3.05) is 23.1 Å². The molecule has 0 saturated carbocycles. The molecule has 1 aromatic rings. The summed E-state index contributed by atoms with van der Waals surface area (Å²) in [5.74, 6) is 8.10. The zero-order valence-corrected chi connectivity index (χ0v) is 8.76. The van der Waals surface area contributed by atoms with Crippen molar-refractivity contribution < 1.29 is 0 Å². The first-order valence-corrected chi connectivity index (χ1v) is 5.65. The Morgan fingerprint density at radius 1 is 1.31 bits per heavy atom. The molecule has 72 valence electrons. The summed E-state index contributed by atoms with van der Waals surface area (Å²) in [5, 5.41) is 1.79. The van der Waals surface area contributed by atoms with E-state index in [1.807, 2.05) is 42.1 Å². The maximum Gasteiger partial charge on any atom is 0.0517 e. The average molecular weight is 196 g/mol. The molecule has 0 bridgehead atoms. The van der Waals surface area contributed by atoms with Crippen molar-refractivity contribution in [2.24, 2.45) is 5.84 Å². The van der Waals surface area contributed by atoms with E-state index in [1.54, 1.807) is 5.01 Å². The highest BCUT2D eigenvalue weighted by atomic mass is 32.2. The lowest BCUT2D eigenvalue weighted by Crippen LogP contribution is -2.32. The lowest BCUT2D eigenvalue weighted by atomic mass is 10.3. The predicted octanol–water partition coefficient (Wildman–Crippen LogP) is 2.12. The van der Waals surface area contributed by atoms with Crippen LogP contribution in [0.3, 0.4) is 0 Å². The van der Waals surface area contributed by atoms with Crippen LogP contribution in [0, 0.1) is 0 Å². The van der Waals surface area contributed by atoms with Gasteiger partial charge in [-0.1, -0.05) is 25.1 Å². The molecule has 0 saturated heterocycles. The molecule has 2 nitrogen and oxygen atoms in total. The van der Waals surface area contributed by atoms with Crippen LogP contribution in [0.4, 0.5) is 5.69 Å². The third kappa shape index (κ3) is 3.70. The van der Waals surface area contributed by atoms with Crippen LogP contribution in [0.15, 0.2) is 30.3 Å². The van der Waals surface area contributed by atoms with Crippen molar-refractivity contribution in [3.63, 3.8) is 0 Å². The molecular formula is C10H16N2S. The van der Waals surface area contributed by atoms with Gasteiger partial charge >= 0.3 is 0 Å². The van der Waals surface area contributed by atoms with Gasteiger partial charge in [-0.05, 0) is 17.9 Å². The van der Waals surface area contributed by atoms with Gasteiger partial charge in [0, 0.05) is 12.3 Å². The normalized spacial score (nSPS) is 10.0. The fourth-order valence-electron chi connectivity index (χ4n) is 1.06. The SMILES string of the molecule is CCSCCN(N)c1ccccc1. The molecule has 0 spiro atoms. The van der Waals surface area contributed by atoms with Gasteiger partial charge in [0.2, 0.25) is 0 Å². The van der Waals surface area contributed by atoms with Gasteiger partial charge in [0.15, 0.2) is 0 Å². The van der Waals surface area contributed by atoms with Crippen LogP contribution in [0.1, 0.15) is 6.92 Å². The number of para-hydroxylation sites is 1. The molecule has 0 fully saturated rings. The van der Waals surface area contributed by atoms with Crippen molar-refractivity contribution in [3.8, 4) is 0 Å². The van der Waals surface area contributed by atoms with Gasteiger partial charge in [0.1, 0.15) is 0 Å². The van der Waals surface area contributed by atoms with Crippen molar-refractivity contribution >= 4 is 17.4 Å². The van der Waals surface area contributed by atoms with E-state index in [2.05, 4.69) is 6.92 Å². The van der Waals surface area contributed by atoms with E-state index in [9.17, 15) is 0 Å². The third-order valence-corrected chi connectivity index (χ3v) is 2.65. The van der Waals surface area contributed by atoms with E-state index in [-0.39, 0.29) is 0 Å². The van der Waals surface area contributed by atoms with Crippen molar-refractivity contribution in [1.82, 2.24) is 0 Å². The number of nitrogens with zero attached hydrogens (tertiary/aromatic N) is 1. The van der Waals surface area contributed by atoms with E-state index in [0.717, 1.165) is 23.7 Å². The highest BCUT2D eigenvalue weighted by Crippen LogP contribution is 2.09. The highest BCUT2D eigenvalue weighted by molar-refractivity contribution is 7.99. The predicted molar refractivity (Wildman–Crippen MR) is 61.0 cm³/mol. The molecule has 0 aromatic heterocycles. The first-order valence-electron chi connectivity index (χ1n) is 4.49. The van der Waals surface area contributed by atoms with Gasteiger partial charge in [0.05, 0.1) is 5.69 Å². The Labute approximate surface area is 84.1 Å². The summed E-state index contributed by atoms with van der Waals surface area (Å²) in [6.45, 7) is 3.07. The van der Waals surface area contributed by atoms with Gasteiger partial charge in [0.25, 0.3) is 0 Å². The Morgan fingerprint density at radius 3 is 2.62 bits per heavy atom. The van der Waals surface area contributed by atoms with Crippen LogP contribution < -0.4 is 10.9 Å². The van der Waals surface area contributed by atoms with Gasteiger partial charge in [-0.25, -0.2) is 5.84 Å². The molecule has 0 aliphatic rings. The van der Waals surface area contributed by atoms with Gasteiger partial charge in [-0.15, -0.1) is 0 Å². The molecule has 3 heteroatoms. The molecule has 1 rings (SSSR count). The van der Waals surface area contributed by atoms with Crippen molar-refractivity contribution in [1.29, 1.82) is 0 Å². The van der Waals surface area contributed by atoms with Crippen LogP contribution in [-0.4, -0.2) is 18.1 Å². The maximum absolute atomic E-state index is 5.86. The first-order chi connectivity index (χ1) is 6.34. The monoisotopic (exact) mass is 196 g/mol. The smallest absolute Gasteiger partial charge is 0.0517 e. The Balaban J connectivity index is 2.35. The van der Waals surface area contributed by atoms with E-state index >= 15 is 0 Å². The van der Waals surface area contributed by atoms with Crippen molar-refractivity contribution in [2.45, 2.75) is 6.92 Å². The molecule has 2 N–H and O–H groups in total. The number of nitrogens with two attached hydrogens (primary N) is 1. The minimum absolute atomic E-state index is 0.905. The molecule has 0 aliphatic carbocycles. The van der Waals surface area contributed by atoms with E-state index in [0.29, 0.717) is 0 Å². The number of hydrogen-bond donors (Lipinski definition) is 1. The van der Waals surface area contributed by atoms with Crippen LogP contribution in [0.25, 0.3) is 0 Å². The Hall–Kier alpha value is -0.670. The lowest BCUT2D eigenvalue weighted by molar-refractivity contribution is 0.899. The molecule has 0 atom stereocenters. The first kappa shape index (κ1) is 10.4. The molecule has 0 amide bonds. The van der Waals surface area contributed by atoms with E-state index < -0.39 is 0 Å². The topological polar surface area (TPSA) is 29.3 Å². The Kier molecular flexibility index (Phi) is 4.72. The number of thioether (sulfide) groups is 1. The van der Waals surface area contributed by atoms with E-state index in [1.165, 1.54) is 0 Å². The Bertz CT molecular complexity index is 226. The fourth-order valence-corrected chi connectivity index (χ4v) is 1.67. The number of rotatable bonds is 5. The molecule has 13 heavy (non-hydrogen) atoms. The Morgan fingerprint density at radius 2 is 2.00 bits per heavy atom. The van der Waals surface area contributed by atoms with Crippen LogP contribution in [-0.2, 0) is 0 Å². The number of benzene rings is 1. The minimum Gasteiger partial charge on any atom is -0.310 e. The molecule has 0 radical (unpaired) electrons. The maximum atomic E-state index is 5.86. The summed E-state index contributed by atoms with van der Waals surface area (Å²) >= 11 is 1.91. The summed E-state index contributed by atoms with van der Waals surface area (Å²) in [6.07, 6.45) is 0. The van der Waals surface area contributed by atoms with Crippen LogP contribution in [0.2, 0.25) is 0 Å². The van der Waals surface area contributed by atoms with Gasteiger partial charge < -0.3 is 5.01 Å². The molecule has 0 unspecified atom stereocenters.